The van der Waals surface area contributed by atoms with E-state index in [1.165, 1.54) is 22.0 Å². The van der Waals surface area contributed by atoms with E-state index in [1.54, 1.807) is 0 Å². The summed E-state index contributed by atoms with van der Waals surface area (Å²) in [7, 11) is 1.97. The maximum Gasteiger partial charge on any atom is 0.0829 e. The number of halogens is 1. The molecule has 1 aromatic carbocycles. The quantitative estimate of drug-likeness (QED) is 0.911. The first kappa shape index (κ1) is 14.4. The normalized spacial score (nSPS) is 12.9. The zero-order chi connectivity index (χ0) is 13.8. The van der Waals surface area contributed by atoms with Gasteiger partial charge in [0.25, 0.3) is 0 Å². The largest absolute Gasteiger partial charge is 0.312 e. The van der Waals surface area contributed by atoms with E-state index in [9.17, 15) is 0 Å². The lowest BCUT2D eigenvalue weighted by atomic mass is 10.0. The van der Waals surface area contributed by atoms with Gasteiger partial charge < -0.3 is 5.32 Å². The van der Waals surface area contributed by atoms with Crippen LogP contribution in [0.1, 0.15) is 41.9 Å². The Balaban J connectivity index is 2.23. The van der Waals surface area contributed by atoms with Gasteiger partial charge in [-0.15, -0.1) is 5.10 Å². The Kier molecular flexibility index (Phi) is 4.91. The molecule has 102 valence electrons. The van der Waals surface area contributed by atoms with Crippen LogP contribution in [0.5, 0.6) is 0 Å². The molecule has 1 aromatic heterocycles. The van der Waals surface area contributed by atoms with Gasteiger partial charge in [0, 0.05) is 11.1 Å². The Morgan fingerprint density at radius 3 is 2.79 bits per heavy atom. The van der Waals surface area contributed by atoms with Crippen molar-refractivity contribution in [2.45, 2.75) is 32.2 Å². The number of likely N-dealkylation sites (N-methyl/N-ethyl adjacent to an activating group) is 1. The SMILES string of the molecule is CNC(Cc1cccc(Cl)c1)c1snnc1C(C)C. The van der Waals surface area contributed by atoms with E-state index in [0.29, 0.717) is 5.92 Å². The summed E-state index contributed by atoms with van der Waals surface area (Å²) in [6.45, 7) is 4.29. The average Bonchev–Trinajstić information content (AvgIpc) is 2.85. The zero-order valence-electron chi connectivity index (χ0n) is 11.4. The Labute approximate surface area is 123 Å². The molecule has 0 amide bonds. The highest BCUT2D eigenvalue weighted by Crippen LogP contribution is 2.28. The fourth-order valence-electron chi connectivity index (χ4n) is 2.07. The van der Waals surface area contributed by atoms with Crippen LogP contribution < -0.4 is 5.32 Å². The monoisotopic (exact) mass is 295 g/mol. The molecule has 5 heteroatoms. The Morgan fingerprint density at radius 2 is 2.16 bits per heavy atom. The van der Waals surface area contributed by atoms with Gasteiger partial charge in [-0.3, -0.25) is 0 Å². The Bertz CT molecular complexity index is 539. The number of benzene rings is 1. The number of rotatable bonds is 5. The summed E-state index contributed by atoms with van der Waals surface area (Å²) >= 11 is 7.51. The maximum absolute atomic E-state index is 6.04. The molecule has 2 rings (SSSR count). The summed E-state index contributed by atoms with van der Waals surface area (Å²) in [5, 5.41) is 8.38. The number of nitrogens with zero attached hydrogens (tertiary/aromatic N) is 2. The molecule has 0 bridgehead atoms. The third-order valence-electron chi connectivity index (χ3n) is 3.08. The van der Waals surface area contributed by atoms with Crippen molar-refractivity contribution in [2.24, 2.45) is 0 Å². The van der Waals surface area contributed by atoms with Gasteiger partial charge in [-0.2, -0.15) is 0 Å². The fourth-order valence-corrected chi connectivity index (χ4v) is 3.20. The van der Waals surface area contributed by atoms with Gasteiger partial charge in [-0.05, 0) is 48.6 Å². The lowest BCUT2D eigenvalue weighted by molar-refractivity contribution is 0.589. The predicted octanol–water partition coefficient (Wildman–Crippen LogP) is 3.82. The van der Waals surface area contributed by atoms with Gasteiger partial charge in [0.15, 0.2) is 0 Å². The molecular weight excluding hydrogens is 278 g/mol. The van der Waals surface area contributed by atoms with Crippen molar-refractivity contribution >= 4 is 23.1 Å². The zero-order valence-corrected chi connectivity index (χ0v) is 12.9. The molecule has 0 saturated carbocycles. The fraction of sp³-hybridized carbons (Fsp3) is 0.429. The van der Waals surface area contributed by atoms with Crippen LogP contribution >= 0.6 is 23.1 Å². The van der Waals surface area contributed by atoms with Crippen molar-refractivity contribution in [1.82, 2.24) is 14.9 Å². The number of hydrogen-bond donors (Lipinski definition) is 1. The topological polar surface area (TPSA) is 37.8 Å². The van der Waals surface area contributed by atoms with E-state index in [4.69, 9.17) is 11.6 Å². The van der Waals surface area contributed by atoms with Crippen molar-refractivity contribution in [3.05, 3.63) is 45.4 Å². The van der Waals surface area contributed by atoms with E-state index in [2.05, 4.69) is 34.8 Å². The third kappa shape index (κ3) is 3.53. The summed E-state index contributed by atoms with van der Waals surface area (Å²) in [6.07, 6.45) is 0.890. The van der Waals surface area contributed by atoms with Gasteiger partial charge in [0.2, 0.25) is 0 Å². The number of hydrogen-bond acceptors (Lipinski definition) is 4. The highest BCUT2D eigenvalue weighted by molar-refractivity contribution is 7.05. The summed E-state index contributed by atoms with van der Waals surface area (Å²) in [4.78, 5) is 1.22. The van der Waals surface area contributed by atoms with Crippen molar-refractivity contribution in [3.8, 4) is 0 Å². The molecule has 0 spiro atoms. The van der Waals surface area contributed by atoms with E-state index < -0.39 is 0 Å². The van der Waals surface area contributed by atoms with Crippen LogP contribution in [-0.2, 0) is 6.42 Å². The van der Waals surface area contributed by atoms with Crippen LogP contribution in [0, 0.1) is 0 Å². The van der Waals surface area contributed by atoms with E-state index in [-0.39, 0.29) is 6.04 Å². The van der Waals surface area contributed by atoms with Crippen molar-refractivity contribution in [2.75, 3.05) is 7.05 Å². The lowest BCUT2D eigenvalue weighted by Gasteiger charge is -2.16. The van der Waals surface area contributed by atoms with Crippen LogP contribution in [-0.4, -0.2) is 16.6 Å². The van der Waals surface area contributed by atoms with Crippen LogP contribution in [0.15, 0.2) is 24.3 Å². The molecule has 1 heterocycles. The molecule has 19 heavy (non-hydrogen) atoms. The van der Waals surface area contributed by atoms with Gasteiger partial charge in [0.05, 0.1) is 10.6 Å². The summed E-state index contributed by atoms with van der Waals surface area (Å²) < 4.78 is 4.10. The second-order valence-electron chi connectivity index (χ2n) is 4.85. The molecule has 2 aromatic rings. The number of nitrogens with one attached hydrogen (secondary N) is 1. The number of aromatic nitrogens is 2. The minimum Gasteiger partial charge on any atom is -0.312 e. The van der Waals surface area contributed by atoms with E-state index in [0.717, 1.165) is 17.1 Å². The molecule has 0 aliphatic carbocycles. The van der Waals surface area contributed by atoms with E-state index >= 15 is 0 Å². The molecule has 1 atom stereocenters. The second-order valence-corrected chi connectivity index (χ2v) is 6.07. The van der Waals surface area contributed by atoms with Gasteiger partial charge in [-0.25, -0.2) is 0 Å². The Hall–Kier alpha value is -0.970. The molecule has 1 unspecified atom stereocenters. The smallest absolute Gasteiger partial charge is 0.0829 e. The molecular formula is C14H18ClN3S. The first-order chi connectivity index (χ1) is 9.11. The Morgan fingerprint density at radius 1 is 1.37 bits per heavy atom. The molecule has 3 nitrogen and oxygen atoms in total. The molecule has 1 N–H and O–H groups in total. The minimum absolute atomic E-state index is 0.232. The molecule has 0 aliphatic heterocycles. The first-order valence-electron chi connectivity index (χ1n) is 6.35. The standard InChI is InChI=1S/C14H18ClN3S/c1-9(2)13-14(19-18-17-13)12(16-3)8-10-5-4-6-11(15)7-10/h4-7,9,12,16H,8H2,1-3H3. The van der Waals surface area contributed by atoms with Gasteiger partial charge in [-0.1, -0.05) is 42.1 Å². The highest BCUT2D eigenvalue weighted by Gasteiger charge is 2.20. The minimum atomic E-state index is 0.232. The summed E-state index contributed by atoms with van der Waals surface area (Å²) in [5.41, 5.74) is 2.31. The van der Waals surface area contributed by atoms with Crippen molar-refractivity contribution < 1.29 is 0 Å². The van der Waals surface area contributed by atoms with Crippen LogP contribution in [0.25, 0.3) is 0 Å². The van der Waals surface area contributed by atoms with Crippen LogP contribution in [0.2, 0.25) is 5.02 Å². The second kappa shape index (κ2) is 6.46. The van der Waals surface area contributed by atoms with Crippen LogP contribution in [0.3, 0.4) is 0 Å². The average molecular weight is 296 g/mol. The molecule has 0 aliphatic rings. The maximum atomic E-state index is 6.04. The van der Waals surface area contributed by atoms with Crippen LogP contribution in [0.4, 0.5) is 0 Å². The third-order valence-corrected chi connectivity index (χ3v) is 4.17. The van der Waals surface area contributed by atoms with Gasteiger partial charge >= 0.3 is 0 Å². The first-order valence-corrected chi connectivity index (χ1v) is 7.50. The van der Waals surface area contributed by atoms with Crippen molar-refractivity contribution in [3.63, 3.8) is 0 Å². The molecule has 0 saturated heterocycles. The predicted molar refractivity (Wildman–Crippen MR) is 81.0 cm³/mol. The highest BCUT2D eigenvalue weighted by atomic mass is 35.5. The van der Waals surface area contributed by atoms with Crippen molar-refractivity contribution in [1.29, 1.82) is 0 Å². The lowest BCUT2D eigenvalue weighted by Crippen LogP contribution is -2.19. The summed E-state index contributed by atoms with van der Waals surface area (Å²) in [6, 6.07) is 8.22. The van der Waals surface area contributed by atoms with E-state index in [1.807, 2.05) is 25.2 Å². The van der Waals surface area contributed by atoms with Gasteiger partial charge in [0.1, 0.15) is 0 Å². The molecule has 0 fully saturated rings. The summed E-state index contributed by atoms with van der Waals surface area (Å²) in [5.74, 6) is 0.393. The molecule has 0 radical (unpaired) electrons.